The van der Waals surface area contributed by atoms with Crippen LogP contribution in [0, 0.1) is 5.92 Å². The smallest absolute Gasteiger partial charge is 0.303 e. The average Bonchev–Trinajstić information content (AvgIpc) is 3.06. The van der Waals surface area contributed by atoms with E-state index in [1.165, 1.54) is 12.8 Å². The van der Waals surface area contributed by atoms with Crippen LogP contribution < -0.4 is 9.60 Å². The van der Waals surface area contributed by atoms with E-state index in [-0.39, 0.29) is 9.77 Å². The molecule has 1 aliphatic heterocycles. The van der Waals surface area contributed by atoms with Crippen molar-refractivity contribution in [3.8, 4) is 0 Å². The SMILES string of the molecule is CC1CCCN(CCCNS(=O)(=O)c2ccc3c(c2)sc(=O)n3Cc2ccccc2)C1. The van der Waals surface area contributed by atoms with Crippen LogP contribution in [0.3, 0.4) is 0 Å². The van der Waals surface area contributed by atoms with Gasteiger partial charge in [0.15, 0.2) is 0 Å². The maximum atomic E-state index is 12.8. The molecule has 166 valence electrons. The van der Waals surface area contributed by atoms with Gasteiger partial charge in [0.05, 0.1) is 21.7 Å². The van der Waals surface area contributed by atoms with Crippen molar-refractivity contribution in [3.63, 3.8) is 0 Å². The molecule has 0 radical (unpaired) electrons. The molecule has 1 saturated heterocycles. The van der Waals surface area contributed by atoms with E-state index in [0.717, 1.165) is 54.4 Å². The van der Waals surface area contributed by atoms with Gasteiger partial charge in [-0.2, -0.15) is 0 Å². The summed E-state index contributed by atoms with van der Waals surface area (Å²) in [6.07, 6.45) is 3.29. The van der Waals surface area contributed by atoms with Crippen molar-refractivity contribution >= 4 is 31.6 Å². The standard InChI is InChI=1S/C23H29N3O3S2/c1-18-7-5-13-25(16-18)14-6-12-24-31(28,29)20-10-11-21-22(15-20)30-23(27)26(21)17-19-8-3-2-4-9-19/h2-4,8-11,15,18,24H,5-7,12-14,16-17H2,1H3. The topological polar surface area (TPSA) is 71.4 Å². The number of piperidine rings is 1. The fraction of sp³-hybridized carbons (Fsp3) is 0.435. The molecule has 0 aliphatic carbocycles. The predicted molar refractivity (Wildman–Crippen MR) is 126 cm³/mol. The van der Waals surface area contributed by atoms with Crippen LogP contribution >= 0.6 is 11.3 Å². The molecule has 0 bridgehead atoms. The summed E-state index contributed by atoms with van der Waals surface area (Å²) in [5.41, 5.74) is 1.79. The van der Waals surface area contributed by atoms with Crippen LogP contribution in [-0.4, -0.2) is 44.1 Å². The molecule has 8 heteroatoms. The minimum Gasteiger partial charge on any atom is -0.303 e. The summed E-state index contributed by atoms with van der Waals surface area (Å²) in [5, 5.41) is 0. The Hall–Kier alpha value is -2.00. The zero-order chi connectivity index (χ0) is 21.8. The first kappa shape index (κ1) is 22.2. The van der Waals surface area contributed by atoms with Gasteiger partial charge in [-0.15, -0.1) is 0 Å². The number of hydrogen-bond acceptors (Lipinski definition) is 5. The molecule has 4 rings (SSSR count). The summed E-state index contributed by atoms with van der Waals surface area (Å²) in [5.74, 6) is 0.721. The monoisotopic (exact) mass is 459 g/mol. The Morgan fingerprint density at radius 3 is 2.74 bits per heavy atom. The van der Waals surface area contributed by atoms with E-state index >= 15 is 0 Å². The van der Waals surface area contributed by atoms with E-state index in [0.29, 0.717) is 17.8 Å². The Morgan fingerprint density at radius 1 is 1.16 bits per heavy atom. The normalized spacial score (nSPS) is 17.9. The summed E-state index contributed by atoms with van der Waals surface area (Å²) in [6, 6.07) is 14.7. The highest BCUT2D eigenvalue weighted by atomic mass is 32.2. The second kappa shape index (κ2) is 9.65. The number of likely N-dealkylation sites (tertiary alicyclic amines) is 1. The maximum absolute atomic E-state index is 12.8. The predicted octanol–water partition coefficient (Wildman–Crippen LogP) is 3.51. The molecule has 2 aromatic carbocycles. The van der Waals surface area contributed by atoms with E-state index in [9.17, 15) is 13.2 Å². The molecule has 0 amide bonds. The lowest BCUT2D eigenvalue weighted by Gasteiger charge is -2.30. The van der Waals surface area contributed by atoms with E-state index in [4.69, 9.17) is 0 Å². The summed E-state index contributed by atoms with van der Waals surface area (Å²) in [7, 11) is -3.60. The first-order valence-corrected chi connectivity index (χ1v) is 13.1. The third kappa shape index (κ3) is 5.44. The zero-order valence-electron chi connectivity index (χ0n) is 17.8. The lowest BCUT2D eigenvalue weighted by Crippen LogP contribution is -2.36. The van der Waals surface area contributed by atoms with Crippen molar-refractivity contribution < 1.29 is 8.42 Å². The molecule has 1 atom stereocenters. The van der Waals surface area contributed by atoms with Gasteiger partial charge in [0.1, 0.15) is 0 Å². The Morgan fingerprint density at radius 2 is 1.97 bits per heavy atom. The molecule has 1 aliphatic rings. The Bertz CT molecular complexity index is 1190. The number of nitrogens with zero attached hydrogens (tertiary/aromatic N) is 2. The fourth-order valence-electron chi connectivity index (χ4n) is 4.21. The lowest BCUT2D eigenvalue weighted by molar-refractivity contribution is 0.182. The van der Waals surface area contributed by atoms with Gasteiger partial charge < -0.3 is 4.90 Å². The van der Waals surface area contributed by atoms with Gasteiger partial charge in [0, 0.05) is 13.1 Å². The molecule has 0 saturated carbocycles. The van der Waals surface area contributed by atoms with Crippen molar-refractivity contribution in [1.82, 2.24) is 14.2 Å². The van der Waals surface area contributed by atoms with Gasteiger partial charge in [0.2, 0.25) is 10.0 Å². The van der Waals surface area contributed by atoms with Gasteiger partial charge >= 0.3 is 4.87 Å². The van der Waals surface area contributed by atoms with Gasteiger partial charge in [0.25, 0.3) is 0 Å². The molecule has 1 aromatic heterocycles. The van der Waals surface area contributed by atoms with E-state index in [1.807, 2.05) is 30.3 Å². The van der Waals surface area contributed by atoms with Crippen LogP contribution in [0.15, 0.2) is 58.2 Å². The third-order valence-corrected chi connectivity index (χ3v) is 8.22. The molecule has 6 nitrogen and oxygen atoms in total. The highest BCUT2D eigenvalue weighted by molar-refractivity contribution is 7.89. The number of nitrogens with one attached hydrogen (secondary N) is 1. The van der Waals surface area contributed by atoms with Crippen LogP contribution in [0.25, 0.3) is 10.2 Å². The lowest BCUT2D eigenvalue weighted by atomic mass is 10.0. The first-order valence-electron chi connectivity index (χ1n) is 10.8. The summed E-state index contributed by atoms with van der Waals surface area (Å²) in [6.45, 7) is 6.27. The molecule has 1 unspecified atom stereocenters. The van der Waals surface area contributed by atoms with Gasteiger partial charge in [-0.3, -0.25) is 9.36 Å². The number of thiazole rings is 1. The minimum absolute atomic E-state index is 0.0860. The third-order valence-electron chi connectivity index (χ3n) is 5.82. The zero-order valence-corrected chi connectivity index (χ0v) is 19.4. The maximum Gasteiger partial charge on any atom is 0.308 e. The molecule has 3 aromatic rings. The number of fused-ring (bicyclic) bond motifs is 1. The number of rotatable bonds is 8. The fourth-order valence-corrected chi connectivity index (χ4v) is 6.32. The first-order chi connectivity index (χ1) is 14.9. The van der Waals surface area contributed by atoms with Crippen molar-refractivity contribution in [1.29, 1.82) is 0 Å². The Labute approximate surface area is 187 Å². The Balaban J connectivity index is 1.42. The summed E-state index contributed by atoms with van der Waals surface area (Å²) in [4.78, 5) is 15.0. The van der Waals surface area contributed by atoms with Crippen LogP contribution in [0.5, 0.6) is 0 Å². The largest absolute Gasteiger partial charge is 0.308 e. The second-order valence-corrected chi connectivity index (χ2v) is 11.1. The second-order valence-electron chi connectivity index (χ2n) is 8.37. The average molecular weight is 460 g/mol. The molecule has 2 heterocycles. The van der Waals surface area contributed by atoms with Crippen molar-refractivity contribution in [2.75, 3.05) is 26.2 Å². The van der Waals surface area contributed by atoms with Crippen molar-refractivity contribution in [2.24, 2.45) is 5.92 Å². The molecule has 31 heavy (non-hydrogen) atoms. The summed E-state index contributed by atoms with van der Waals surface area (Å²) < 4.78 is 30.6. The molecular formula is C23H29N3O3S2. The van der Waals surface area contributed by atoms with E-state index < -0.39 is 10.0 Å². The van der Waals surface area contributed by atoms with Crippen LogP contribution in [0.4, 0.5) is 0 Å². The van der Waals surface area contributed by atoms with Gasteiger partial charge in [-0.05, 0) is 62.0 Å². The Kier molecular flexibility index (Phi) is 6.91. The highest BCUT2D eigenvalue weighted by Crippen LogP contribution is 2.22. The quantitative estimate of drug-likeness (QED) is 0.523. The molecule has 1 N–H and O–H groups in total. The van der Waals surface area contributed by atoms with Gasteiger partial charge in [-0.25, -0.2) is 13.1 Å². The van der Waals surface area contributed by atoms with Crippen LogP contribution in [-0.2, 0) is 16.6 Å². The molecule has 1 fully saturated rings. The van der Waals surface area contributed by atoms with E-state index in [1.54, 1.807) is 22.8 Å². The van der Waals surface area contributed by atoms with Crippen LogP contribution in [0.2, 0.25) is 0 Å². The number of sulfonamides is 1. The number of benzene rings is 2. The number of aromatic nitrogens is 1. The number of hydrogen-bond donors (Lipinski definition) is 1. The van der Waals surface area contributed by atoms with Crippen molar-refractivity contribution in [3.05, 3.63) is 63.8 Å². The minimum atomic E-state index is -3.60. The highest BCUT2D eigenvalue weighted by Gasteiger charge is 2.18. The summed E-state index contributed by atoms with van der Waals surface area (Å²) >= 11 is 1.08. The van der Waals surface area contributed by atoms with E-state index in [2.05, 4.69) is 16.5 Å². The van der Waals surface area contributed by atoms with Gasteiger partial charge in [-0.1, -0.05) is 48.6 Å². The molecular weight excluding hydrogens is 430 g/mol. The molecule has 0 spiro atoms. The van der Waals surface area contributed by atoms with Crippen molar-refractivity contribution in [2.45, 2.75) is 37.6 Å². The van der Waals surface area contributed by atoms with Crippen LogP contribution in [0.1, 0.15) is 31.7 Å².